The molecule has 1 aromatic carbocycles. The van der Waals surface area contributed by atoms with Crippen LogP contribution in [-0.2, 0) is 4.79 Å². The van der Waals surface area contributed by atoms with Crippen molar-refractivity contribution in [3.8, 4) is 0 Å². The van der Waals surface area contributed by atoms with Crippen LogP contribution in [0.2, 0.25) is 5.02 Å². The Labute approximate surface area is 122 Å². The second kappa shape index (κ2) is 6.13. The van der Waals surface area contributed by atoms with Crippen molar-refractivity contribution in [1.29, 1.82) is 0 Å². The first-order chi connectivity index (χ1) is 9.49. The molecule has 1 aliphatic rings. The first-order valence-electron chi connectivity index (χ1n) is 6.52. The standard InChI is InChI=1S/C14H17ClN2O3/c1-10(18)16-5-2-6-17(8-7-16)11-3-4-12(14(19)20)13(15)9-11/h3-4,9H,2,5-8H2,1H3,(H,19,20). The molecule has 108 valence electrons. The number of halogens is 1. The summed E-state index contributed by atoms with van der Waals surface area (Å²) in [6.07, 6.45) is 0.887. The molecule has 1 aliphatic heterocycles. The third-order valence-electron chi connectivity index (χ3n) is 3.49. The Hall–Kier alpha value is -1.75. The summed E-state index contributed by atoms with van der Waals surface area (Å²) in [5.74, 6) is -0.939. The van der Waals surface area contributed by atoms with Crippen LogP contribution in [0.25, 0.3) is 0 Å². The molecule has 0 aromatic heterocycles. The molecule has 0 atom stereocenters. The minimum absolute atomic E-state index is 0.0890. The zero-order valence-electron chi connectivity index (χ0n) is 11.3. The van der Waals surface area contributed by atoms with Crippen LogP contribution in [0.5, 0.6) is 0 Å². The molecule has 0 aliphatic carbocycles. The van der Waals surface area contributed by atoms with Gasteiger partial charge in [0, 0.05) is 38.8 Å². The number of anilines is 1. The number of carbonyl (C=O) groups excluding carboxylic acids is 1. The number of amides is 1. The Balaban J connectivity index is 2.14. The van der Waals surface area contributed by atoms with Crippen LogP contribution in [-0.4, -0.2) is 48.1 Å². The number of nitrogens with zero attached hydrogens (tertiary/aromatic N) is 2. The average molecular weight is 297 g/mol. The van der Waals surface area contributed by atoms with E-state index in [9.17, 15) is 9.59 Å². The molecule has 2 rings (SSSR count). The molecule has 0 unspecified atom stereocenters. The Morgan fingerprint density at radius 2 is 1.95 bits per heavy atom. The van der Waals surface area contributed by atoms with Gasteiger partial charge in [0.25, 0.3) is 0 Å². The molecule has 0 saturated carbocycles. The third kappa shape index (κ3) is 3.22. The smallest absolute Gasteiger partial charge is 0.337 e. The van der Waals surface area contributed by atoms with Crippen LogP contribution in [0.1, 0.15) is 23.7 Å². The van der Waals surface area contributed by atoms with Gasteiger partial charge in [-0.15, -0.1) is 0 Å². The summed E-state index contributed by atoms with van der Waals surface area (Å²) in [5.41, 5.74) is 1.00. The Morgan fingerprint density at radius 3 is 2.55 bits per heavy atom. The maximum absolute atomic E-state index is 11.4. The van der Waals surface area contributed by atoms with Crippen molar-refractivity contribution in [2.24, 2.45) is 0 Å². The van der Waals surface area contributed by atoms with Crippen LogP contribution in [0.15, 0.2) is 18.2 Å². The molecule has 1 saturated heterocycles. The van der Waals surface area contributed by atoms with Gasteiger partial charge in [-0.25, -0.2) is 4.79 Å². The van der Waals surface area contributed by atoms with Gasteiger partial charge in [-0.1, -0.05) is 11.6 Å². The van der Waals surface area contributed by atoms with Crippen molar-refractivity contribution in [3.63, 3.8) is 0 Å². The molecular formula is C14H17ClN2O3. The van der Waals surface area contributed by atoms with Gasteiger partial charge in [-0.3, -0.25) is 4.79 Å². The van der Waals surface area contributed by atoms with Crippen molar-refractivity contribution in [2.75, 3.05) is 31.1 Å². The predicted octanol–water partition coefficient (Wildman–Crippen LogP) is 2.10. The fourth-order valence-corrected chi connectivity index (χ4v) is 2.62. The molecule has 1 heterocycles. The first-order valence-corrected chi connectivity index (χ1v) is 6.90. The van der Waals surface area contributed by atoms with Crippen molar-refractivity contribution < 1.29 is 14.7 Å². The first kappa shape index (κ1) is 14.7. The maximum atomic E-state index is 11.4. The summed E-state index contributed by atoms with van der Waals surface area (Å²) in [6.45, 7) is 4.56. The van der Waals surface area contributed by atoms with E-state index in [0.717, 1.165) is 31.7 Å². The molecule has 0 spiro atoms. The zero-order valence-corrected chi connectivity index (χ0v) is 12.1. The zero-order chi connectivity index (χ0) is 14.7. The highest BCUT2D eigenvalue weighted by molar-refractivity contribution is 6.33. The number of rotatable bonds is 2. The summed E-state index contributed by atoms with van der Waals surface area (Å²) in [6, 6.07) is 4.96. The van der Waals surface area contributed by atoms with Crippen molar-refractivity contribution in [3.05, 3.63) is 28.8 Å². The number of hydrogen-bond donors (Lipinski definition) is 1. The lowest BCUT2D eigenvalue weighted by Crippen LogP contribution is -2.33. The highest BCUT2D eigenvalue weighted by Gasteiger charge is 2.18. The summed E-state index contributed by atoms with van der Waals surface area (Å²) in [4.78, 5) is 26.3. The SMILES string of the molecule is CC(=O)N1CCCN(c2ccc(C(=O)O)c(Cl)c2)CC1. The number of carbonyl (C=O) groups is 2. The van der Waals surface area contributed by atoms with Gasteiger partial charge in [-0.05, 0) is 24.6 Å². The molecule has 1 N–H and O–H groups in total. The molecule has 1 amide bonds. The minimum Gasteiger partial charge on any atom is -0.478 e. The topological polar surface area (TPSA) is 60.9 Å². The van der Waals surface area contributed by atoms with Gasteiger partial charge in [0.1, 0.15) is 0 Å². The molecule has 5 nitrogen and oxygen atoms in total. The van der Waals surface area contributed by atoms with Crippen molar-refractivity contribution in [1.82, 2.24) is 4.90 Å². The Morgan fingerprint density at radius 1 is 1.20 bits per heavy atom. The summed E-state index contributed by atoms with van der Waals surface area (Å²) in [7, 11) is 0. The van der Waals surface area contributed by atoms with Gasteiger partial charge in [-0.2, -0.15) is 0 Å². The predicted molar refractivity (Wildman–Crippen MR) is 77.5 cm³/mol. The lowest BCUT2D eigenvalue weighted by atomic mass is 10.2. The molecular weight excluding hydrogens is 280 g/mol. The molecule has 1 fully saturated rings. The molecule has 6 heteroatoms. The van der Waals surface area contributed by atoms with E-state index >= 15 is 0 Å². The van der Waals surface area contributed by atoms with Crippen LogP contribution >= 0.6 is 11.6 Å². The molecule has 1 aromatic rings. The summed E-state index contributed by atoms with van der Waals surface area (Å²) < 4.78 is 0. The number of carboxylic acids is 1. The fraction of sp³-hybridized carbons (Fsp3) is 0.429. The highest BCUT2D eigenvalue weighted by Crippen LogP contribution is 2.24. The van der Waals surface area contributed by atoms with E-state index in [1.165, 1.54) is 6.07 Å². The van der Waals surface area contributed by atoms with E-state index in [-0.39, 0.29) is 16.5 Å². The van der Waals surface area contributed by atoms with Crippen LogP contribution in [0.4, 0.5) is 5.69 Å². The van der Waals surface area contributed by atoms with Gasteiger partial charge < -0.3 is 14.9 Å². The van der Waals surface area contributed by atoms with E-state index in [4.69, 9.17) is 16.7 Å². The summed E-state index contributed by atoms with van der Waals surface area (Å²) in [5, 5.41) is 9.20. The van der Waals surface area contributed by atoms with E-state index in [1.807, 2.05) is 4.90 Å². The largest absolute Gasteiger partial charge is 0.478 e. The maximum Gasteiger partial charge on any atom is 0.337 e. The van der Waals surface area contributed by atoms with Crippen molar-refractivity contribution in [2.45, 2.75) is 13.3 Å². The third-order valence-corrected chi connectivity index (χ3v) is 3.80. The van der Waals surface area contributed by atoms with Crippen LogP contribution in [0, 0.1) is 0 Å². The van der Waals surface area contributed by atoms with E-state index < -0.39 is 5.97 Å². The van der Waals surface area contributed by atoms with Crippen molar-refractivity contribution >= 4 is 29.2 Å². The second-order valence-electron chi connectivity index (χ2n) is 4.82. The quantitative estimate of drug-likeness (QED) is 0.908. The second-order valence-corrected chi connectivity index (χ2v) is 5.22. The molecule has 20 heavy (non-hydrogen) atoms. The number of hydrogen-bond acceptors (Lipinski definition) is 3. The van der Waals surface area contributed by atoms with Gasteiger partial charge >= 0.3 is 5.97 Å². The van der Waals surface area contributed by atoms with E-state index in [1.54, 1.807) is 19.1 Å². The van der Waals surface area contributed by atoms with Crippen LogP contribution < -0.4 is 4.90 Å². The fourth-order valence-electron chi connectivity index (χ4n) is 2.36. The van der Waals surface area contributed by atoms with Crippen LogP contribution in [0.3, 0.4) is 0 Å². The monoisotopic (exact) mass is 296 g/mol. The van der Waals surface area contributed by atoms with Gasteiger partial charge in [0.15, 0.2) is 0 Å². The van der Waals surface area contributed by atoms with E-state index in [2.05, 4.69) is 4.90 Å². The average Bonchev–Trinajstić information content (AvgIpc) is 2.63. The molecule has 0 radical (unpaired) electrons. The van der Waals surface area contributed by atoms with E-state index in [0.29, 0.717) is 6.54 Å². The molecule has 0 bridgehead atoms. The number of benzene rings is 1. The Bertz CT molecular complexity index is 533. The minimum atomic E-state index is -1.03. The normalized spacial score (nSPS) is 15.9. The highest BCUT2D eigenvalue weighted by atomic mass is 35.5. The lowest BCUT2D eigenvalue weighted by molar-refractivity contribution is -0.128. The lowest BCUT2D eigenvalue weighted by Gasteiger charge is -2.23. The number of carboxylic acid groups (broad SMARTS) is 1. The summed E-state index contributed by atoms with van der Waals surface area (Å²) >= 11 is 5.99. The van der Waals surface area contributed by atoms with Gasteiger partial charge in [0.2, 0.25) is 5.91 Å². The Kier molecular flexibility index (Phi) is 4.49. The van der Waals surface area contributed by atoms with Gasteiger partial charge in [0.05, 0.1) is 10.6 Å². The number of aromatic carboxylic acids is 1.